The number of ether oxygens (including phenoxy) is 1. The van der Waals surface area contributed by atoms with Gasteiger partial charge in [-0.1, -0.05) is 42.5 Å². The standard InChI is InChI=1S/C32H41F3N2O3/c33-27-16-19-37(21-27)22-28(20-24-10-12-29(13-11-24)40-23-25-6-2-1-3-7-25)36-31(39)9-5-4-8-30(38)26-14-17-32(34,35)18-15-26/h1-3,6-7,10-13,26-28H,4-5,8-9,14-23H2,(H,36,39)/t27-,28?/m1/s1. The Morgan fingerprint density at radius 2 is 1.65 bits per heavy atom. The maximum absolute atomic E-state index is 13.8. The van der Waals surface area contributed by atoms with Crippen LogP contribution in [0.2, 0.25) is 0 Å². The van der Waals surface area contributed by atoms with E-state index < -0.39 is 12.1 Å². The lowest BCUT2D eigenvalue weighted by molar-refractivity contribution is -0.127. The molecule has 2 aliphatic rings. The van der Waals surface area contributed by atoms with Crippen LogP contribution in [0.1, 0.15) is 68.9 Å². The average Bonchev–Trinajstić information content (AvgIpc) is 3.35. The summed E-state index contributed by atoms with van der Waals surface area (Å²) < 4.78 is 46.4. The molecule has 1 unspecified atom stereocenters. The van der Waals surface area contributed by atoms with Gasteiger partial charge in [-0.3, -0.25) is 14.5 Å². The molecule has 1 saturated heterocycles. The monoisotopic (exact) mass is 558 g/mol. The molecule has 0 radical (unpaired) electrons. The molecule has 2 fully saturated rings. The lowest BCUT2D eigenvalue weighted by Crippen LogP contribution is -2.44. The second-order valence-electron chi connectivity index (χ2n) is 11.3. The number of carbonyl (C=O) groups is 2. The number of Topliss-reactive ketones (excluding diaryl/α,β-unsaturated/α-hetero) is 1. The van der Waals surface area contributed by atoms with Crippen molar-refractivity contribution in [3.8, 4) is 5.75 Å². The van der Waals surface area contributed by atoms with E-state index >= 15 is 0 Å². The third-order valence-electron chi connectivity index (χ3n) is 7.96. The first kappa shape index (κ1) is 30.1. The van der Waals surface area contributed by atoms with E-state index in [1.54, 1.807) is 0 Å². The fourth-order valence-corrected chi connectivity index (χ4v) is 5.62. The molecule has 1 aliphatic carbocycles. The normalized spacial score (nSPS) is 20.2. The summed E-state index contributed by atoms with van der Waals surface area (Å²) in [6, 6.07) is 17.6. The van der Waals surface area contributed by atoms with Gasteiger partial charge in [0.05, 0.1) is 0 Å². The molecule has 1 N–H and O–H groups in total. The third kappa shape index (κ3) is 9.95. The van der Waals surface area contributed by atoms with Crippen molar-refractivity contribution >= 4 is 11.7 Å². The molecular formula is C32H41F3N2O3. The number of hydrogen-bond donors (Lipinski definition) is 1. The van der Waals surface area contributed by atoms with Gasteiger partial charge in [-0.05, 0) is 61.8 Å². The quantitative estimate of drug-likeness (QED) is 0.277. The minimum absolute atomic E-state index is 0.0415. The topological polar surface area (TPSA) is 58.6 Å². The number of ketones is 1. The van der Waals surface area contributed by atoms with Crippen LogP contribution in [0, 0.1) is 5.92 Å². The predicted molar refractivity (Wildman–Crippen MR) is 149 cm³/mol. The fourth-order valence-electron chi connectivity index (χ4n) is 5.62. The van der Waals surface area contributed by atoms with Crippen molar-refractivity contribution in [2.75, 3.05) is 19.6 Å². The van der Waals surface area contributed by atoms with Crippen molar-refractivity contribution in [2.45, 2.75) is 89.0 Å². The Morgan fingerprint density at radius 3 is 2.33 bits per heavy atom. The number of unbranched alkanes of at least 4 members (excludes halogenated alkanes) is 1. The van der Waals surface area contributed by atoms with Crippen molar-refractivity contribution in [2.24, 2.45) is 5.92 Å². The van der Waals surface area contributed by atoms with Gasteiger partial charge >= 0.3 is 0 Å². The summed E-state index contributed by atoms with van der Waals surface area (Å²) >= 11 is 0. The van der Waals surface area contributed by atoms with E-state index in [1.165, 1.54) is 0 Å². The Labute approximate surface area is 235 Å². The number of hydrogen-bond acceptors (Lipinski definition) is 4. The van der Waals surface area contributed by atoms with Crippen LogP contribution in [-0.2, 0) is 22.6 Å². The molecule has 2 aromatic rings. The van der Waals surface area contributed by atoms with Crippen molar-refractivity contribution in [3.63, 3.8) is 0 Å². The number of carbonyl (C=O) groups excluding carboxylic acids is 2. The van der Waals surface area contributed by atoms with Gasteiger partial charge in [0.2, 0.25) is 11.8 Å². The highest BCUT2D eigenvalue weighted by molar-refractivity contribution is 5.81. The maximum Gasteiger partial charge on any atom is 0.248 e. The van der Waals surface area contributed by atoms with Gasteiger partial charge < -0.3 is 10.1 Å². The Bertz CT molecular complexity index is 1070. The van der Waals surface area contributed by atoms with E-state index in [2.05, 4.69) is 10.2 Å². The number of halogens is 3. The minimum Gasteiger partial charge on any atom is -0.489 e. The number of benzene rings is 2. The summed E-state index contributed by atoms with van der Waals surface area (Å²) in [4.78, 5) is 27.2. The molecule has 5 nitrogen and oxygen atoms in total. The highest BCUT2D eigenvalue weighted by Crippen LogP contribution is 2.37. The first-order valence-corrected chi connectivity index (χ1v) is 14.6. The zero-order chi connectivity index (χ0) is 28.4. The highest BCUT2D eigenvalue weighted by atomic mass is 19.3. The summed E-state index contributed by atoms with van der Waals surface area (Å²) in [6.45, 7) is 2.12. The summed E-state index contributed by atoms with van der Waals surface area (Å²) in [7, 11) is 0. The average molecular weight is 559 g/mol. The maximum atomic E-state index is 13.8. The predicted octanol–water partition coefficient (Wildman–Crippen LogP) is 6.29. The smallest absolute Gasteiger partial charge is 0.248 e. The molecule has 2 aromatic carbocycles. The molecular weight excluding hydrogens is 517 g/mol. The van der Waals surface area contributed by atoms with E-state index in [0.717, 1.165) is 16.9 Å². The highest BCUT2D eigenvalue weighted by Gasteiger charge is 2.37. The van der Waals surface area contributed by atoms with E-state index in [1.807, 2.05) is 54.6 Å². The Kier molecular flexibility index (Phi) is 11.0. The lowest BCUT2D eigenvalue weighted by atomic mass is 9.83. The van der Waals surface area contributed by atoms with Crippen LogP contribution in [0.25, 0.3) is 0 Å². The van der Waals surface area contributed by atoms with Crippen LogP contribution in [0.15, 0.2) is 54.6 Å². The van der Waals surface area contributed by atoms with Gasteiger partial charge in [0.1, 0.15) is 24.3 Å². The summed E-state index contributed by atoms with van der Waals surface area (Å²) in [5.41, 5.74) is 2.14. The molecule has 40 heavy (non-hydrogen) atoms. The van der Waals surface area contributed by atoms with E-state index in [4.69, 9.17) is 4.74 Å². The molecule has 1 heterocycles. The van der Waals surface area contributed by atoms with Gasteiger partial charge in [-0.2, -0.15) is 0 Å². The zero-order valence-electron chi connectivity index (χ0n) is 23.1. The molecule has 0 spiro atoms. The first-order chi connectivity index (χ1) is 19.3. The molecule has 0 bridgehead atoms. The van der Waals surface area contributed by atoms with Gasteiger partial charge in [-0.25, -0.2) is 13.2 Å². The minimum atomic E-state index is -2.64. The van der Waals surface area contributed by atoms with Crippen molar-refractivity contribution in [3.05, 3.63) is 65.7 Å². The largest absolute Gasteiger partial charge is 0.489 e. The number of amides is 1. The van der Waals surface area contributed by atoms with Crippen molar-refractivity contribution in [1.29, 1.82) is 0 Å². The lowest BCUT2D eigenvalue weighted by Gasteiger charge is -2.27. The summed E-state index contributed by atoms with van der Waals surface area (Å²) in [6.07, 6.45) is 2.15. The number of alkyl halides is 3. The van der Waals surface area contributed by atoms with Crippen LogP contribution < -0.4 is 10.1 Å². The van der Waals surface area contributed by atoms with Gasteiger partial charge in [0.25, 0.3) is 0 Å². The van der Waals surface area contributed by atoms with Crippen molar-refractivity contribution in [1.82, 2.24) is 10.2 Å². The van der Waals surface area contributed by atoms with Crippen molar-refractivity contribution < 1.29 is 27.5 Å². The molecule has 1 amide bonds. The Morgan fingerprint density at radius 1 is 0.950 bits per heavy atom. The first-order valence-electron chi connectivity index (χ1n) is 14.6. The van der Waals surface area contributed by atoms with E-state index in [-0.39, 0.29) is 49.3 Å². The molecule has 218 valence electrons. The Balaban J connectivity index is 1.22. The van der Waals surface area contributed by atoms with Crippen LogP contribution in [0.5, 0.6) is 5.75 Å². The van der Waals surface area contributed by atoms with Gasteiger partial charge in [-0.15, -0.1) is 0 Å². The molecule has 8 heteroatoms. The van der Waals surface area contributed by atoms with Crippen LogP contribution in [0.3, 0.4) is 0 Å². The number of nitrogens with zero attached hydrogens (tertiary/aromatic N) is 1. The second kappa shape index (κ2) is 14.7. The Hall–Kier alpha value is -2.87. The van der Waals surface area contributed by atoms with Crippen LogP contribution in [0.4, 0.5) is 13.2 Å². The third-order valence-corrected chi connectivity index (χ3v) is 7.96. The summed E-state index contributed by atoms with van der Waals surface area (Å²) in [5.74, 6) is -2.19. The fraction of sp³-hybridized carbons (Fsp3) is 0.562. The van der Waals surface area contributed by atoms with E-state index in [9.17, 15) is 22.8 Å². The second-order valence-corrected chi connectivity index (χ2v) is 11.3. The number of likely N-dealkylation sites (tertiary alicyclic amines) is 1. The molecule has 1 aliphatic heterocycles. The summed E-state index contributed by atoms with van der Waals surface area (Å²) in [5, 5.41) is 3.13. The molecule has 0 aromatic heterocycles. The van der Waals surface area contributed by atoms with Gasteiger partial charge in [0.15, 0.2) is 0 Å². The van der Waals surface area contributed by atoms with Crippen LogP contribution >= 0.6 is 0 Å². The molecule has 4 rings (SSSR count). The zero-order valence-corrected chi connectivity index (χ0v) is 23.1. The number of nitrogens with one attached hydrogen (secondary N) is 1. The van der Waals surface area contributed by atoms with E-state index in [0.29, 0.717) is 64.8 Å². The SMILES string of the molecule is O=C(CCCCC(=O)C1CCC(F)(F)CC1)NC(Cc1ccc(OCc2ccccc2)cc1)CN1CC[C@@H](F)C1. The van der Waals surface area contributed by atoms with Crippen LogP contribution in [-0.4, -0.2) is 54.4 Å². The molecule has 2 atom stereocenters. The molecule has 1 saturated carbocycles. The number of rotatable bonds is 14. The van der Waals surface area contributed by atoms with Gasteiger partial charge in [0, 0.05) is 57.3 Å².